The van der Waals surface area contributed by atoms with E-state index in [9.17, 15) is 0 Å². The van der Waals surface area contributed by atoms with Gasteiger partial charge in [-0.05, 0) is 11.6 Å². The van der Waals surface area contributed by atoms with Gasteiger partial charge in [0.2, 0.25) is 5.95 Å². The van der Waals surface area contributed by atoms with Gasteiger partial charge in [0, 0.05) is 18.9 Å². The second-order valence-corrected chi connectivity index (χ2v) is 3.05. The zero-order valence-corrected chi connectivity index (χ0v) is 8.09. The summed E-state index contributed by atoms with van der Waals surface area (Å²) in [5.74, 6) is 0.563. The Balaban J connectivity index is 1.96. The summed E-state index contributed by atoms with van der Waals surface area (Å²) < 4.78 is 0. The predicted molar refractivity (Wildman–Crippen MR) is 58.0 cm³/mol. The normalized spacial score (nSPS) is 9.87. The van der Waals surface area contributed by atoms with Gasteiger partial charge < -0.3 is 11.1 Å². The van der Waals surface area contributed by atoms with Gasteiger partial charge in [-0.2, -0.15) is 0 Å². The molecule has 0 amide bonds. The fourth-order valence-corrected chi connectivity index (χ4v) is 1.11. The molecule has 0 spiro atoms. The van der Waals surface area contributed by atoms with Gasteiger partial charge in [0.1, 0.15) is 0 Å². The summed E-state index contributed by atoms with van der Waals surface area (Å²) in [4.78, 5) is 12.1. The summed E-state index contributed by atoms with van der Waals surface area (Å²) in [7, 11) is 0. The number of nitrogens with zero attached hydrogens (tertiary/aromatic N) is 3. The lowest BCUT2D eigenvalue weighted by molar-refractivity contribution is 1.04. The van der Waals surface area contributed by atoms with Crippen molar-refractivity contribution in [2.24, 2.45) is 0 Å². The number of nitrogen functional groups attached to an aromatic ring is 1. The largest absolute Gasteiger partial charge is 0.396 e. The van der Waals surface area contributed by atoms with Crippen molar-refractivity contribution in [1.29, 1.82) is 0 Å². The van der Waals surface area contributed by atoms with Crippen molar-refractivity contribution in [3.8, 4) is 0 Å². The Morgan fingerprint density at radius 1 is 1.20 bits per heavy atom. The van der Waals surface area contributed by atoms with Crippen LogP contribution in [0.2, 0.25) is 0 Å². The SMILES string of the molecule is Nc1cnc(NCc2cccnc2)nc1. The van der Waals surface area contributed by atoms with Crippen LogP contribution >= 0.6 is 0 Å². The van der Waals surface area contributed by atoms with Gasteiger partial charge in [0.05, 0.1) is 18.1 Å². The van der Waals surface area contributed by atoms with Crippen LogP contribution < -0.4 is 11.1 Å². The van der Waals surface area contributed by atoms with Crippen LogP contribution in [0.1, 0.15) is 5.56 Å². The van der Waals surface area contributed by atoms with Crippen molar-refractivity contribution >= 4 is 11.6 Å². The van der Waals surface area contributed by atoms with Crippen molar-refractivity contribution in [3.63, 3.8) is 0 Å². The fraction of sp³-hybridized carbons (Fsp3) is 0.100. The molecule has 0 saturated carbocycles. The number of hydrogen-bond donors (Lipinski definition) is 2. The van der Waals surface area contributed by atoms with Crippen LogP contribution in [0.25, 0.3) is 0 Å². The maximum Gasteiger partial charge on any atom is 0.222 e. The van der Waals surface area contributed by atoms with Gasteiger partial charge in [0.15, 0.2) is 0 Å². The molecular weight excluding hydrogens is 190 g/mol. The van der Waals surface area contributed by atoms with Gasteiger partial charge in [-0.3, -0.25) is 4.98 Å². The Labute approximate surface area is 87.4 Å². The molecule has 2 aromatic heterocycles. The standard InChI is InChI=1S/C10H11N5/c11-9-6-14-10(15-7-9)13-5-8-2-1-3-12-4-8/h1-4,6-7H,5,11H2,(H,13,14,15). The molecule has 5 nitrogen and oxygen atoms in total. The van der Waals surface area contributed by atoms with Gasteiger partial charge in [-0.1, -0.05) is 6.07 Å². The fourth-order valence-electron chi connectivity index (χ4n) is 1.11. The minimum absolute atomic E-state index is 0.557. The second-order valence-electron chi connectivity index (χ2n) is 3.05. The molecule has 0 atom stereocenters. The number of anilines is 2. The van der Waals surface area contributed by atoms with Crippen molar-refractivity contribution in [2.45, 2.75) is 6.54 Å². The minimum atomic E-state index is 0.557. The van der Waals surface area contributed by atoms with E-state index in [0.717, 1.165) is 5.56 Å². The zero-order chi connectivity index (χ0) is 10.5. The number of nitrogens with one attached hydrogen (secondary N) is 1. The number of pyridine rings is 1. The molecular formula is C10H11N5. The zero-order valence-electron chi connectivity index (χ0n) is 8.09. The Morgan fingerprint density at radius 3 is 2.67 bits per heavy atom. The van der Waals surface area contributed by atoms with Gasteiger partial charge in [-0.15, -0.1) is 0 Å². The summed E-state index contributed by atoms with van der Waals surface area (Å²) in [6.07, 6.45) is 6.67. The summed E-state index contributed by atoms with van der Waals surface area (Å²) in [6, 6.07) is 3.87. The van der Waals surface area contributed by atoms with Gasteiger partial charge in [0.25, 0.3) is 0 Å². The van der Waals surface area contributed by atoms with Crippen molar-refractivity contribution in [2.75, 3.05) is 11.1 Å². The summed E-state index contributed by atoms with van der Waals surface area (Å²) >= 11 is 0. The molecule has 2 aromatic rings. The van der Waals surface area contributed by atoms with Crippen LogP contribution in [-0.4, -0.2) is 15.0 Å². The minimum Gasteiger partial charge on any atom is -0.396 e. The van der Waals surface area contributed by atoms with E-state index in [2.05, 4.69) is 20.3 Å². The molecule has 2 rings (SSSR count). The third-order valence-electron chi connectivity index (χ3n) is 1.85. The number of hydrogen-bond acceptors (Lipinski definition) is 5. The van der Waals surface area contributed by atoms with E-state index < -0.39 is 0 Å². The Kier molecular flexibility index (Phi) is 2.73. The monoisotopic (exact) mass is 201 g/mol. The molecule has 0 aromatic carbocycles. The van der Waals surface area contributed by atoms with Gasteiger partial charge in [-0.25, -0.2) is 9.97 Å². The number of rotatable bonds is 3. The molecule has 15 heavy (non-hydrogen) atoms. The molecule has 76 valence electrons. The molecule has 0 aliphatic rings. The Hall–Kier alpha value is -2.17. The van der Waals surface area contributed by atoms with E-state index in [1.54, 1.807) is 24.8 Å². The predicted octanol–water partition coefficient (Wildman–Crippen LogP) is 1.07. The third-order valence-corrected chi connectivity index (χ3v) is 1.85. The third kappa shape index (κ3) is 2.63. The average Bonchev–Trinajstić information content (AvgIpc) is 2.30. The highest BCUT2D eigenvalue weighted by molar-refractivity contribution is 5.36. The van der Waals surface area contributed by atoms with Crippen LogP contribution in [0.5, 0.6) is 0 Å². The molecule has 5 heteroatoms. The number of nitrogens with two attached hydrogens (primary N) is 1. The van der Waals surface area contributed by atoms with Crippen LogP contribution in [0.15, 0.2) is 36.9 Å². The maximum atomic E-state index is 5.47. The van der Waals surface area contributed by atoms with E-state index in [-0.39, 0.29) is 0 Å². The van der Waals surface area contributed by atoms with E-state index in [0.29, 0.717) is 18.2 Å². The Bertz CT molecular complexity index is 412. The summed E-state index contributed by atoms with van der Waals surface area (Å²) in [5, 5.41) is 3.07. The molecule has 0 aliphatic carbocycles. The second kappa shape index (κ2) is 4.36. The Morgan fingerprint density at radius 2 is 2.00 bits per heavy atom. The molecule has 3 N–H and O–H groups in total. The lowest BCUT2D eigenvalue weighted by atomic mass is 10.3. The van der Waals surface area contributed by atoms with Crippen molar-refractivity contribution < 1.29 is 0 Å². The maximum absolute atomic E-state index is 5.47. The van der Waals surface area contributed by atoms with E-state index in [1.807, 2.05) is 12.1 Å². The van der Waals surface area contributed by atoms with E-state index in [1.165, 1.54) is 0 Å². The topological polar surface area (TPSA) is 76.7 Å². The molecule has 2 heterocycles. The summed E-state index contributed by atoms with van der Waals surface area (Å²) in [6.45, 7) is 0.651. The molecule has 0 aliphatic heterocycles. The van der Waals surface area contributed by atoms with Crippen LogP contribution in [-0.2, 0) is 6.54 Å². The molecule has 0 unspecified atom stereocenters. The van der Waals surface area contributed by atoms with Crippen LogP contribution in [0.4, 0.5) is 11.6 Å². The summed E-state index contributed by atoms with van der Waals surface area (Å²) in [5.41, 5.74) is 7.11. The first-order valence-electron chi connectivity index (χ1n) is 4.55. The van der Waals surface area contributed by atoms with Crippen molar-refractivity contribution in [3.05, 3.63) is 42.5 Å². The van der Waals surface area contributed by atoms with Crippen LogP contribution in [0.3, 0.4) is 0 Å². The molecule has 0 saturated heterocycles. The highest BCUT2D eigenvalue weighted by Crippen LogP contribution is 2.03. The first-order chi connectivity index (χ1) is 7.34. The number of aromatic nitrogens is 3. The lowest BCUT2D eigenvalue weighted by Gasteiger charge is -2.03. The first-order valence-corrected chi connectivity index (χ1v) is 4.55. The van der Waals surface area contributed by atoms with E-state index >= 15 is 0 Å². The highest BCUT2D eigenvalue weighted by Gasteiger charge is 1.95. The van der Waals surface area contributed by atoms with E-state index in [4.69, 9.17) is 5.73 Å². The first kappa shape index (κ1) is 9.39. The molecule has 0 fully saturated rings. The van der Waals surface area contributed by atoms with Crippen molar-refractivity contribution in [1.82, 2.24) is 15.0 Å². The van der Waals surface area contributed by atoms with Gasteiger partial charge >= 0.3 is 0 Å². The highest BCUT2D eigenvalue weighted by atomic mass is 15.1. The van der Waals surface area contributed by atoms with Crippen LogP contribution in [0, 0.1) is 0 Å². The smallest absolute Gasteiger partial charge is 0.222 e. The average molecular weight is 201 g/mol. The quantitative estimate of drug-likeness (QED) is 0.776. The molecule has 0 radical (unpaired) electrons. The molecule has 0 bridgehead atoms. The lowest BCUT2D eigenvalue weighted by Crippen LogP contribution is -2.03.